The van der Waals surface area contributed by atoms with E-state index in [2.05, 4.69) is 0 Å². The molecule has 1 aliphatic heterocycles. The first-order valence-corrected chi connectivity index (χ1v) is 8.36. The van der Waals surface area contributed by atoms with E-state index in [0.717, 1.165) is 11.1 Å². The van der Waals surface area contributed by atoms with Gasteiger partial charge in [-0.1, -0.05) is 54.1 Å². The van der Waals surface area contributed by atoms with Crippen LogP contribution in [-0.2, 0) is 16.1 Å². The van der Waals surface area contributed by atoms with Gasteiger partial charge in [0.2, 0.25) is 0 Å². The van der Waals surface area contributed by atoms with Crippen LogP contribution in [0.1, 0.15) is 17.0 Å². The quantitative estimate of drug-likeness (QED) is 0.902. The molecule has 2 aromatic carbocycles. The van der Waals surface area contributed by atoms with Crippen LogP contribution in [0.2, 0.25) is 5.02 Å². The molecular formula is C19H18ClNO4. The zero-order valence-corrected chi connectivity index (χ0v) is 14.2. The van der Waals surface area contributed by atoms with Crippen LogP contribution in [-0.4, -0.2) is 35.2 Å². The van der Waals surface area contributed by atoms with Crippen LogP contribution in [0.15, 0.2) is 54.6 Å². The second kappa shape index (κ2) is 7.57. The molecular weight excluding hydrogens is 342 g/mol. The maximum absolute atomic E-state index is 12.3. The summed E-state index contributed by atoms with van der Waals surface area (Å²) in [4.78, 5) is 25.4. The Morgan fingerprint density at radius 1 is 1.12 bits per heavy atom. The highest BCUT2D eigenvalue weighted by Gasteiger charge is 2.41. The number of aliphatic carboxylic acids is 1. The minimum Gasteiger partial charge on any atom is -0.481 e. The molecule has 0 bridgehead atoms. The van der Waals surface area contributed by atoms with Gasteiger partial charge in [0, 0.05) is 24.0 Å². The first-order valence-electron chi connectivity index (χ1n) is 7.98. The second-order valence-corrected chi connectivity index (χ2v) is 6.49. The predicted molar refractivity (Wildman–Crippen MR) is 93.5 cm³/mol. The van der Waals surface area contributed by atoms with Crippen molar-refractivity contribution in [2.75, 3.05) is 13.1 Å². The fourth-order valence-electron chi connectivity index (χ4n) is 3.09. The highest BCUT2D eigenvalue weighted by Crippen LogP contribution is 2.34. The normalized spacial score (nSPS) is 19.6. The summed E-state index contributed by atoms with van der Waals surface area (Å²) in [5.74, 6) is -1.91. The van der Waals surface area contributed by atoms with Crippen molar-refractivity contribution in [3.8, 4) is 0 Å². The van der Waals surface area contributed by atoms with Crippen LogP contribution >= 0.6 is 11.6 Å². The lowest BCUT2D eigenvalue weighted by Gasteiger charge is -2.16. The maximum atomic E-state index is 12.3. The third-order valence-corrected chi connectivity index (χ3v) is 4.61. The predicted octanol–water partition coefficient (Wildman–Crippen LogP) is 3.78. The van der Waals surface area contributed by atoms with Crippen molar-refractivity contribution < 1.29 is 19.4 Å². The SMILES string of the molecule is O=C(O)[C@H]1CN(C(=O)OCc2ccccc2)C[C@H]1c1cccc(Cl)c1. The smallest absolute Gasteiger partial charge is 0.410 e. The zero-order chi connectivity index (χ0) is 17.8. The van der Waals surface area contributed by atoms with E-state index in [1.165, 1.54) is 4.90 Å². The topological polar surface area (TPSA) is 66.8 Å². The summed E-state index contributed by atoms with van der Waals surface area (Å²) in [6.07, 6.45) is -0.500. The Hall–Kier alpha value is -2.53. The molecule has 25 heavy (non-hydrogen) atoms. The van der Waals surface area contributed by atoms with Crippen LogP contribution in [0, 0.1) is 5.92 Å². The minimum atomic E-state index is -0.927. The lowest BCUT2D eigenvalue weighted by atomic mass is 9.89. The summed E-state index contributed by atoms with van der Waals surface area (Å²) in [6.45, 7) is 0.584. The highest BCUT2D eigenvalue weighted by atomic mass is 35.5. The maximum Gasteiger partial charge on any atom is 0.410 e. The summed E-state index contributed by atoms with van der Waals surface area (Å²) in [7, 11) is 0. The van der Waals surface area contributed by atoms with Crippen molar-refractivity contribution >= 4 is 23.7 Å². The molecule has 5 nitrogen and oxygen atoms in total. The number of carbonyl (C=O) groups is 2. The van der Waals surface area contributed by atoms with Gasteiger partial charge >= 0.3 is 12.1 Å². The zero-order valence-electron chi connectivity index (χ0n) is 13.5. The molecule has 1 aliphatic rings. The molecule has 0 saturated carbocycles. The number of hydrogen-bond acceptors (Lipinski definition) is 3. The van der Waals surface area contributed by atoms with Crippen LogP contribution in [0.5, 0.6) is 0 Å². The molecule has 3 rings (SSSR count). The highest BCUT2D eigenvalue weighted by molar-refractivity contribution is 6.30. The van der Waals surface area contributed by atoms with Gasteiger partial charge in [0.1, 0.15) is 6.61 Å². The van der Waals surface area contributed by atoms with E-state index in [9.17, 15) is 14.7 Å². The third-order valence-electron chi connectivity index (χ3n) is 4.38. The summed E-state index contributed by atoms with van der Waals surface area (Å²) >= 11 is 6.01. The van der Waals surface area contributed by atoms with Crippen LogP contribution in [0.3, 0.4) is 0 Å². The Bertz CT molecular complexity index is 765. The molecule has 0 spiro atoms. The van der Waals surface area contributed by atoms with Crippen molar-refractivity contribution in [3.63, 3.8) is 0 Å². The first-order chi connectivity index (χ1) is 12.0. The first kappa shape index (κ1) is 17.3. The largest absolute Gasteiger partial charge is 0.481 e. The number of halogens is 1. The molecule has 0 aliphatic carbocycles. The van der Waals surface area contributed by atoms with Gasteiger partial charge in [-0.05, 0) is 23.3 Å². The molecule has 2 aromatic rings. The second-order valence-electron chi connectivity index (χ2n) is 6.05. The van der Waals surface area contributed by atoms with Crippen molar-refractivity contribution in [2.24, 2.45) is 5.92 Å². The number of rotatable bonds is 4. The van der Waals surface area contributed by atoms with E-state index in [0.29, 0.717) is 11.6 Å². The van der Waals surface area contributed by atoms with Gasteiger partial charge in [0.25, 0.3) is 0 Å². The average molecular weight is 360 g/mol. The van der Waals surface area contributed by atoms with Gasteiger partial charge in [0.15, 0.2) is 0 Å². The molecule has 0 radical (unpaired) electrons. The van der Waals surface area contributed by atoms with Gasteiger partial charge in [0.05, 0.1) is 5.92 Å². The molecule has 130 valence electrons. The molecule has 6 heteroatoms. The number of hydrogen-bond donors (Lipinski definition) is 1. The molecule has 1 amide bonds. The van der Waals surface area contributed by atoms with Crippen LogP contribution in [0.4, 0.5) is 4.79 Å². The molecule has 1 fully saturated rings. The van der Waals surface area contributed by atoms with E-state index in [1.54, 1.807) is 18.2 Å². The monoisotopic (exact) mass is 359 g/mol. The number of amides is 1. The third kappa shape index (κ3) is 4.12. The Balaban J connectivity index is 1.69. The molecule has 1 heterocycles. The number of carbonyl (C=O) groups excluding carboxylic acids is 1. The summed E-state index contributed by atoms with van der Waals surface area (Å²) in [5, 5.41) is 10.1. The van der Waals surface area contributed by atoms with E-state index < -0.39 is 18.0 Å². The lowest BCUT2D eigenvalue weighted by molar-refractivity contribution is -0.141. The number of benzene rings is 2. The van der Waals surface area contributed by atoms with E-state index in [4.69, 9.17) is 16.3 Å². The van der Waals surface area contributed by atoms with Crippen molar-refractivity contribution in [3.05, 3.63) is 70.7 Å². The van der Waals surface area contributed by atoms with Crippen molar-refractivity contribution in [2.45, 2.75) is 12.5 Å². The summed E-state index contributed by atoms with van der Waals surface area (Å²) in [5.41, 5.74) is 1.70. The number of nitrogens with zero attached hydrogens (tertiary/aromatic N) is 1. The standard InChI is InChI=1S/C19H18ClNO4/c20-15-8-4-7-14(9-15)16-10-21(11-17(16)18(22)23)19(24)25-12-13-5-2-1-3-6-13/h1-9,16-17H,10-12H2,(H,22,23)/t16-,17-/m0/s1. The summed E-state index contributed by atoms with van der Waals surface area (Å²) < 4.78 is 5.32. The molecule has 0 unspecified atom stereocenters. The van der Waals surface area contributed by atoms with Gasteiger partial charge in [-0.15, -0.1) is 0 Å². The van der Waals surface area contributed by atoms with E-state index in [1.807, 2.05) is 36.4 Å². The molecule has 0 aromatic heterocycles. The molecule has 1 saturated heterocycles. The van der Waals surface area contributed by atoms with Gasteiger partial charge in [-0.25, -0.2) is 4.79 Å². The lowest BCUT2D eigenvalue weighted by Crippen LogP contribution is -2.30. The van der Waals surface area contributed by atoms with Crippen molar-refractivity contribution in [1.82, 2.24) is 4.90 Å². The van der Waals surface area contributed by atoms with Crippen LogP contribution < -0.4 is 0 Å². The molecule has 1 N–H and O–H groups in total. The van der Waals surface area contributed by atoms with Crippen LogP contribution in [0.25, 0.3) is 0 Å². The average Bonchev–Trinajstić information content (AvgIpc) is 3.06. The Kier molecular flexibility index (Phi) is 5.24. The van der Waals surface area contributed by atoms with Gasteiger partial charge in [-0.2, -0.15) is 0 Å². The summed E-state index contributed by atoms with van der Waals surface area (Å²) in [6, 6.07) is 16.5. The van der Waals surface area contributed by atoms with Gasteiger partial charge < -0.3 is 14.7 Å². The Morgan fingerprint density at radius 2 is 1.88 bits per heavy atom. The number of ether oxygens (including phenoxy) is 1. The van der Waals surface area contributed by atoms with Crippen molar-refractivity contribution in [1.29, 1.82) is 0 Å². The minimum absolute atomic E-state index is 0.125. The van der Waals surface area contributed by atoms with Gasteiger partial charge in [-0.3, -0.25) is 4.79 Å². The fraction of sp³-hybridized carbons (Fsp3) is 0.263. The Morgan fingerprint density at radius 3 is 2.56 bits per heavy atom. The molecule has 2 atom stereocenters. The Labute approximate surface area is 150 Å². The number of likely N-dealkylation sites (tertiary alicyclic amines) is 1. The number of carboxylic acid groups (broad SMARTS) is 1. The van der Waals surface area contributed by atoms with E-state index in [-0.39, 0.29) is 19.1 Å². The number of carboxylic acids is 1. The van der Waals surface area contributed by atoms with E-state index >= 15 is 0 Å². The fourth-order valence-corrected chi connectivity index (χ4v) is 3.29.